The highest BCUT2D eigenvalue weighted by Gasteiger charge is 2.10. The number of aromatic amines is 1. The molecule has 0 saturated heterocycles. The first-order valence-corrected chi connectivity index (χ1v) is 7.29. The Kier molecular flexibility index (Phi) is 4.20. The number of para-hydroxylation sites is 1. The van der Waals surface area contributed by atoms with Gasteiger partial charge in [0.25, 0.3) is 5.56 Å². The Labute approximate surface area is 132 Å². The Morgan fingerprint density at radius 1 is 1.35 bits per heavy atom. The lowest BCUT2D eigenvalue weighted by Gasteiger charge is -2.04. The normalized spacial score (nSPS) is 10.8. The first-order chi connectivity index (χ1) is 11.2. The number of nitrogens with two attached hydrogens (primary N) is 1. The number of fused-ring (bicyclic) bond motifs is 1. The zero-order valence-electron chi connectivity index (χ0n) is 12.5. The molecule has 118 valence electrons. The van der Waals surface area contributed by atoms with Crippen LogP contribution in [0.15, 0.2) is 47.5 Å². The summed E-state index contributed by atoms with van der Waals surface area (Å²) < 4.78 is 1.65. The fourth-order valence-corrected chi connectivity index (χ4v) is 2.38. The van der Waals surface area contributed by atoms with E-state index < -0.39 is 0 Å². The number of anilines is 1. The van der Waals surface area contributed by atoms with Crippen molar-refractivity contribution in [2.24, 2.45) is 5.73 Å². The van der Waals surface area contributed by atoms with E-state index in [9.17, 15) is 9.59 Å². The monoisotopic (exact) mass is 311 g/mol. The van der Waals surface area contributed by atoms with Crippen molar-refractivity contribution in [1.82, 2.24) is 14.8 Å². The number of aromatic nitrogens is 3. The summed E-state index contributed by atoms with van der Waals surface area (Å²) in [4.78, 5) is 26.9. The molecule has 23 heavy (non-hydrogen) atoms. The molecule has 0 aliphatic rings. The average Bonchev–Trinajstić information content (AvgIpc) is 2.95. The third-order valence-electron chi connectivity index (χ3n) is 3.46. The van der Waals surface area contributed by atoms with E-state index in [0.29, 0.717) is 24.3 Å². The van der Waals surface area contributed by atoms with Crippen LogP contribution < -0.4 is 16.6 Å². The van der Waals surface area contributed by atoms with Gasteiger partial charge in [0.15, 0.2) is 0 Å². The lowest BCUT2D eigenvalue weighted by molar-refractivity contribution is -0.115. The standard InChI is InChI=1S/C16H17N5O2/c17-5-6-21-10-13(9-18-21)19-15(22)8-12-7-11-3-1-2-4-14(11)20-16(12)23/h1-4,7,9-10H,5-6,8,17H2,(H,19,22)(H,20,23). The topological polar surface area (TPSA) is 106 Å². The zero-order valence-corrected chi connectivity index (χ0v) is 12.5. The van der Waals surface area contributed by atoms with Crippen LogP contribution in [0.25, 0.3) is 10.9 Å². The van der Waals surface area contributed by atoms with Crippen molar-refractivity contribution in [2.45, 2.75) is 13.0 Å². The van der Waals surface area contributed by atoms with Gasteiger partial charge in [0, 0.05) is 23.8 Å². The predicted molar refractivity (Wildman–Crippen MR) is 88.2 cm³/mol. The fraction of sp³-hybridized carbons (Fsp3) is 0.188. The first-order valence-electron chi connectivity index (χ1n) is 7.29. The third-order valence-corrected chi connectivity index (χ3v) is 3.46. The van der Waals surface area contributed by atoms with Crippen molar-refractivity contribution < 1.29 is 4.79 Å². The number of rotatable bonds is 5. The molecule has 1 amide bonds. The van der Waals surface area contributed by atoms with E-state index in [0.717, 1.165) is 10.9 Å². The number of hydrogen-bond donors (Lipinski definition) is 3. The van der Waals surface area contributed by atoms with Gasteiger partial charge < -0.3 is 16.0 Å². The summed E-state index contributed by atoms with van der Waals surface area (Å²) in [6.45, 7) is 1.06. The summed E-state index contributed by atoms with van der Waals surface area (Å²) >= 11 is 0. The average molecular weight is 311 g/mol. The third kappa shape index (κ3) is 3.46. The molecule has 4 N–H and O–H groups in total. The molecule has 3 aromatic rings. The van der Waals surface area contributed by atoms with Gasteiger partial charge in [-0.2, -0.15) is 5.10 Å². The summed E-state index contributed by atoms with van der Waals surface area (Å²) in [7, 11) is 0. The van der Waals surface area contributed by atoms with Crippen LogP contribution >= 0.6 is 0 Å². The van der Waals surface area contributed by atoms with E-state index in [-0.39, 0.29) is 17.9 Å². The summed E-state index contributed by atoms with van der Waals surface area (Å²) in [5.74, 6) is -0.266. The molecule has 0 fully saturated rings. The number of amides is 1. The van der Waals surface area contributed by atoms with E-state index in [1.54, 1.807) is 23.1 Å². The summed E-state index contributed by atoms with van der Waals surface area (Å²) in [6.07, 6.45) is 3.26. The number of benzene rings is 1. The van der Waals surface area contributed by atoms with E-state index in [1.807, 2.05) is 24.3 Å². The fourth-order valence-electron chi connectivity index (χ4n) is 2.38. The Morgan fingerprint density at radius 3 is 3.00 bits per heavy atom. The molecule has 0 bridgehead atoms. The van der Waals surface area contributed by atoms with Crippen LogP contribution in [-0.4, -0.2) is 27.2 Å². The molecule has 0 spiro atoms. The minimum Gasteiger partial charge on any atom is -0.329 e. The molecule has 7 heteroatoms. The molecular weight excluding hydrogens is 294 g/mol. The Morgan fingerprint density at radius 2 is 2.17 bits per heavy atom. The molecule has 3 rings (SSSR count). The number of nitrogens with zero attached hydrogens (tertiary/aromatic N) is 2. The Balaban J connectivity index is 1.74. The molecule has 0 aliphatic carbocycles. The van der Waals surface area contributed by atoms with Gasteiger partial charge in [0.1, 0.15) is 0 Å². The second-order valence-corrected chi connectivity index (χ2v) is 5.22. The van der Waals surface area contributed by atoms with Crippen molar-refractivity contribution in [2.75, 3.05) is 11.9 Å². The summed E-state index contributed by atoms with van der Waals surface area (Å²) in [5, 5.41) is 7.70. The van der Waals surface area contributed by atoms with Crippen molar-refractivity contribution in [3.8, 4) is 0 Å². The van der Waals surface area contributed by atoms with Gasteiger partial charge >= 0.3 is 0 Å². The van der Waals surface area contributed by atoms with Crippen LogP contribution in [0.3, 0.4) is 0 Å². The van der Waals surface area contributed by atoms with Gasteiger partial charge in [0.05, 0.1) is 24.8 Å². The molecule has 2 aromatic heterocycles. The molecule has 0 unspecified atom stereocenters. The maximum Gasteiger partial charge on any atom is 0.252 e. The lowest BCUT2D eigenvalue weighted by atomic mass is 10.1. The molecule has 0 atom stereocenters. The van der Waals surface area contributed by atoms with Crippen LogP contribution in [-0.2, 0) is 17.8 Å². The van der Waals surface area contributed by atoms with Crippen molar-refractivity contribution >= 4 is 22.5 Å². The van der Waals surface area contributed by atoms with Crippen LogP contribution in [0.2, 0.25) is 0 Å². The molecular formula is C16H17N5O2. The van der Waals surface area contributed by atoms with Crippen molar-refractivity contribution in [1.29, 1.82) is 0 Å². The van der Waals surface area contributed by atoms with Crippen molar-refractivity contribution in [3.05, 3.63) is 58.6 Å². The minimum atomic E-state index is -0.266. The number of hydrogen-bond acceptors (Lipinski definition) is 4. The van der Waals surface area contributed by atoms with Gasteiger partial charge in [-0.15, -0.1) is 0 Å². The number of carbonyl (C=O) groups is 1. The van der Waals surface area contributed by atoms with Crippen LogP contribution in [0.1, 0.15) is 5.56 Å². The number of carbonyl (C=O) groups excluding carboxylic acids is 1. The van der Waals surface area contributed by atoms with Crippen LogP contribution in [0, 0.1) is 0 Å². The van der Waals surface area contributed by atoms with E-state index in [2.05, 4.69) is 15.4 Å². The highest BCUT2D eigenvalue weighted by Crippen LogP contribution is 2.11. The van der Waals surface area contributed by atoms with E-state index in [1.165, 1.54) is 0 Å². The second kappa shape index (κ2) is 6.45. The number of H-pyrrole nitrogens is 1. The zero-order chi connectivity index (χ0) is 16.2. The highest BCUT2D eigenvalue weighted by molar-refractivity contribution is 5.92. The predicted octanol–water partition coefficient (Wildman–Crippen LogP) is 0.864. The molecule has 2 heterocycles. The largest absolute Gasteiger partial charge is 0.329 e. The van der Waals surface area contributed by atoms with E-state index in [4.69, 9.17) is 5.73 Å². The van der Waals surface area contributed by atoms with Gasteiger partial charge in [-0.05, 0) is 17.5 Å². The van der Waals surface area contributed by atoms with Gasteiger partial charge in [-0.1, -0.05) is 18.2 Å². The van der Waals surface area contributed by atoms with E-state index >= 15 is 0 Å². The molecule has 0 radical (unpaired) electrons. The summed E-state index contributed by atoms with van der Waals surface area (Å²) in [5.41, 5.74) is 6.96. The first kappa shape index (κ1) is 15.0. The van der Waals surface area contributed by atoms with Crippen LogP contribution in [0.5, 0.6) is 0 Å². The van der Waals surface area contributed by atoms with Gasteiger partial charge in [-0.3, -0.25) is 14.3 Å². The SMILES string of the molecule is NCCn1cc(NC(=O)Cc2cc3ccccc3[nH]c2=O)cn1. The quantitative estimate of drug-likeness (QED) is 0.650. The second-order valence-electron chi connectivity index (χ2n) is 5.22. The van der Waals surface area contributed by atoms with Gasteiger partial charge in [0.2, 0.25) is 5.91 Å². The Hall–Kier alpha value is -2.93. The molecule has 0 aliphatic heterocycles. The lowest BCUT2D eigenvalue weighted by Crippen LogP contribution is -2.20. The van der Waals surface area contributed by atoms with Crippen molar-refractivity contribution in [3.63, 3.8) is 0 Å². The molecule has 0 saturated carbocycles. The van der Waals surface area contributed by atoms with Crippen LogP contribution in [0.4, 0.5) is 5.69 Å². The molecule has 1 aromatic carbocycles. The Bertz CT molecular complexity index is 897. The maximum absolute atomic E-state index is 12.1. The number of pyridine rings is 1. The minimum absolute atomic E-state index is 0.00222. The maximum atomic E-state index is 12.1. The summed E-state index contributed by atoms with van der Waals surface area (Å²) in [6, 6.07) is 9.20. The molecule has 7 nitrogen and oxygen atoms in total. The smallest absolute Gasteiger partial charge is 0.252 e. The number of nitrogens with one attached hydrogen (secondary N) is 2. The van der Waals surface area contributed by atoms with Gasteiger partial charge in [-0.25, -0.2) is 0 Å². The highest BCUT2D eigenvalue weighted by atomic mass is 16.2.